The van der Waals surface area contributed by atoms with Gasteiger partial charge in [-0.1, -0.05) is 11.3 Å². The number of hydrogen-bond acceptors (Lipinski definition) is 11. The highest BCUT2D eigenvalue weighted by atomic mass is 32.2. The van der Waals surface area contributed by atoms with Gasteiger partial charge in [0.2, 0.25) is 5.91 Å². The van der Waals surface area contributed by atoms with Gasteiger partial charge in [0, 0.05) is 13.2 Å². The van der Waals surface area contributed by atoms with Gasteiger partial charge in [-0.15, -0.1) is 23.1 Å². The van der Waals surface area contributed by atoms with E-state index in [-0.39, 0.29) is 40.2 Å². The van der Waals surface area contributed by atoms with Crippen molar-refractivity contribution in [3.63, 3.8) is 0 Å². The Bertz CT molecular complexity index is 1490. The van der Waals surface area contributed by atoms with Gasteiger partial charge in [0.05, 0.1) is 53.7 Å². The SMILES string of the molecule is CCOCCn1c(=NC(=O)CSCC(=O)Nc2sc(C(=O)OCC)c(C)c2C(=O)OCC)sc2cc(OCC)ccc21. The molecule has 0 saturated heterocycles. The Labute approximate surface area is 256 Å². The zero-order valence-corrected chi connectivity index (χ0v) is 26.7. The predicted octanol–water partition coefficient (Wildman–Crippen LogP) is 4.66. The van der Waals surface area contributed by atoms with Crippen molar-refractivity contribution < 1.29 is 38.1 Å². The lowest BCUT2D eigenvalue weighted by molar-refractivity contribution is -0.115. The van der Waals surface area contributed by atoms with Crippen LogP contribution in [0.15, 0.2) is 23.2 Å². The second kappa shape index (κ2) is 16.4. The number of esters is 2. The molecule has 0 aliphatic rings. The zero-order chi connectivity index (χ0) is 30.6. The number of aromatic nitrogens is 1. The molecule has 1 aromatic carbocycles. The van der Waals surface area contributed by atoms with Gasteiger partial charge in [-0.25, -0.2) is 9.59 Å². The van der Waals surface area contributed by atoms with Crippen molar-refractivity contribution in [1.29, 1.82) is 0 Å². The average Bonchev–Trinajstić information content (AvgIpc) is 3.45. The van der Waals surface area contributed by atoms with Crippen LogP contribution in [-0.4, -0.2) is 72.9 Å². The molecule has 228 valence electrons. The molecule has 0 atom stereocenters. The lowest BCUT2D eigenvalue weighted by Gasteiger charge is -2.07. The number of ether oxygens (including phenoxy) is 4. The van der Waals surface area contributed by atoms with Crippen molar-refractivity contribution in [1.82, 2.24) is 4.57 Å². The fraction of sp³-hybridized carbons (Fsp3) is 0.464. The highest BCUT2D eigenvalue weighted by molar-refractivity contribution is 8.00. The zero-order valence-electron chi connectivity index (χ0n) is 24.3. The summed E-state index contributed by atoms with van der Waals surface area (Å²) in [5.41, 5.74) is 1.42. The number of rotatable bonds is 15. The minimum absolute atomic E-state index is 0.0282. The summed E-state index contributed by atoms with van der Waals surface area (Å²) in [5.74, 6) is -1.41. The van der Waals surface area contributed by atoms with Gasteiger partial charge in [-0.05, 0) is 58.4 Å². The number of thioether (sulfide) groups is 1. The quantitative estimate of drug-likeness (QED) is 0.187. The average molecular weight is 638 g/mol. The summed E-state index contributed by atoms with van der Waals surface area (Å²) in [7, 11) is 0. The van der Waals surface area contributed by atoms with Crippen LogP contribution in [0.1, 0.15) is 53.3 Å². The molecule has 0 saturated carbocycles. The van der Waals surface area contributed by atoms with E-state index in [0.29, 0.717) is 36.7 Å². The molecule has 1 N–H and O–H groups in total. The van der Waals surface area contributed by atoms with E-state index < -0.39 is 23.8 Å². The van der Waals surface area contributed by atoms with Gasteiger partial charge in [0.1, 0.15) is 15.6 Å². The van der Waals surface area contributed by atoms with E-state index in [0.717, 1.165) is 39.1 Å². The minimum atomic E-state index is -0.645. The topological polar surface area (TPSA) is 135 Å². The maximum absolute atomic E-state index is 12.8. The van der Waals surface area contributed by atoms with Gasteiger partial charge in [-0.3, -0.25) is 9.59 Å². The first kappa shape index (κ1) is 33.3. The molecule has 2 aromatic heterocycles. The Morgan fingerprint density at radius 1 is 0.952 bits per heavy atom. The van der Waals surface area contributed by atoms with Crippen LogP contribution in [0.2, 0.25) is 0 Å². The number of amides is 2. The second-order valence-electron chi connectivity index (χ2n) is 8.54. The van der Waals surface area contributed by atoms with Crippen LogP contribution >= 0.6 is 34.4 Å². The smallest absolute Gasteiger partial charge is 0.348 e. The number of thiazole rings is 1. The van der Waals surface area contributed by atoms with Gasteiger partial charge >= 0.3 is 11.9 Å². The summed E-state index contributed by atoms with van der Waals surface area (Å²) in [6, 6.07) is 5.75. The fourth-order valence-corrected chi connectivity index (χ4v) is 6.69. The largest absolute Gasteiger partial charge is 0.494 e. The van der Waals surface area contributed by atoms with Gasteiger partial charge < -0.3 is 28.8 Å². The van der Waals surface area contributed by atoms with Crippen LogP contribution < -0.4 is 14.9 Å². The first-order chi connectivity index (χ1) is 20.2. The molecule has 0 radical (unpaired) electrons. The summed E-state index contributed by atoms with van der Waals surface area (Å²) in [6.07, 6.45) is 0. The molecule has 3 rings (SSSR count). The number of thiophene rings is 1. The Kier molecular flexibility index (Phi) is 13.0. The maximum Gasteiger partial charge on any atom is 0.348 e. The number of hydrogen-bond donors (Lipinski definition) is 1. The summed E-state index contributed by atoms with van der Waals surface area (Å²) in [5, 5.41) is 2.88. The molecule has 2 amide bonds. The Hall–Kier alpha value is -3.20. The molecule has 0 aliphatic carbocycles. The molecule has 0 unspecified atom stereocenters. The monoisotopic (exact) mass is 637 g/mol. The minimum Gasteiger partial charge on any atom is -0.494 e. The van der Waals surface area contributed by atoms with Crippen molar-refractivity contribution in [3.8, 4) is 5.75 Å². The van der Waals surface area contributed by atoms with Crippen molar-refractivity contribution >= 4 is 73.4 Å². The lowest BCUT2D eigenvalue weighted by Crippen LogP contribution is -2.20. The first-order valence-corrected chi connectivity index (χ1v) is 16.3. The number of nitrogens with zero attached hydrogens (tertiary/aromatic N) is 2. The first-order valence-electron chi connectivity index (χ1n) is 13.5. The number of benzene rings is 1. The Morgan fingerprint density at radius 2 is 1.69 bits per heavy atom. The van der Waals surface area contributed by atoms with Crippen LogP contribution in [0.5, 0.6) is 5.75 Å². The Balaban J connectivity index is 1.71. The van der Waals surface area contributed by atoms with E-state index >= 15 is 0 Å². The van der Waals surface area contributed by atoms with E-state index in [4.69, 9.17) is 18.9 Å². The lowest BCUT2D eigenvalue weighted by atomic mass is 10.1. The van der Waals surface area contributed by atoms with Gasteiger partial charge in [-0.2, -0.15) is 4.99 Å². The number of fused-ring (bicyclic) bond motifs is 1. The molecule has 0 bridgehead atoms. The van der Waals surface area contributed by atoms with Crippen LogP contribution in [0, 0.1) is 6.92 Å². The van der Waals surface area contributed by atoms with Crippen LogP contribution in [0.4, 0.5) is 5.00 Å². The standard InChI is InChI=1S/C28H35N3O8S3/c1-6-36-13-12-31-19-11-10-18(37-7-2)14-20(19)41-28(31)30-22(33)16-40-15-21(32)29-25-23(26(34)38-8-3)17(5)24(42-25)27(35)39-9-4/h10-11,14H,6-9,12-13,15-16H2,1-5H3,(H,29,32). The van der Waals surface area contributed by atoms with Crippen molar-refractivity contribution in [3.05, 3.63) is 39.0 Å². The molecule has 42 heavy (non-hydrogen) atoms. The summed E-state index contributed by atoms with van der Waals surface area (Å²) in [4.78, 5) is 55.5. The van der Waals surface area contributed by atoms with Crippen molar-refractivity contribution in [2.24, 2.45) is 4.99 Å². The molecule has 0 aliphatic heterocycles. The van der Waals surface area contributed by atoms with Crippen molar-refractivity contribution in [2.45, 2.75) is 41.2 Å². The van der Waals surface area contributed by atoms with E-state index in [1.54, 1.807) is 20.8 Å². The summed E-state index contributed by atoms with van der Waals surface area (Å²) < 4.78 is 24.2. The highest BCUT2D eigenvalue weighted by Crippen LogP contribution is 2.34. The van der Waals surface area contributed by atoms with E-state index in [2.05, 4.69) is 10.3 Å². The van der Waals surface area contributed by atoms with Crippen molar-refractivity contribution in [2.75, 3.05) is 49.9 Å². The van der Waals surface area contributed by atoms with Gasteiger partial charge in [0.25, 0.3) is 5.91 Å². The molecule has 0 spiro atoms. The second-order valence-corrected chi connectivity index (χ2v) is 11.6. The van der Waals surface area contributed by atoms with Crippen LogP contribution in [-0.2, 0) is 30.3 Å². The third kappa shape index (κ3) is 8.66. The van der Waals surface area contributed by atoms with E-state index in [1.807, 2.05) is 36.6 Å². The summed E-state index contributed by atoms with van der Waals surface area (Å²) in [6.45, 7) is 11.2. The molecule has 0 fully saturated rings. The summed E-state index contributed by atoms with van der Waals surface area (Å²) >= 11 is 3.43. The molecule has 14 heteroatoms. The third-order valence-corrected chi connectivity index (χ3v) is 8.79. The molecule has 2 heterocycles. The fourth-order valence-electron chi connectivity index (χ4n) is 3.89. The third-order valence-electron chi connectivity index (χ3n) is 5.65. The molecule has 11 nitrogen and oxygen atoms in total. The maximum atomic E-state index is 12.8. The normalized spacial score (nSPS) is 11.5. The Morgan fingerprint density at radius 3 is 2.38 bits per heavy atom. The highest BCUT2D eigenvalue weighted by Gasteiger charge is 2.27. The molecular formula is C28H35N3O8S3. The van der Waals surface area contributed by atoms with Crippen LogP contribution in [0.25, 0.3) is 10.2 Å². The number of nitrogens with one attached hydrogen (secondary N) is 1. The van der Waals surface area contributed by atoms with E-state index in [9.17, 15) is 19.2 Å². The van der Waals surface area contributed by atoms with Crippen LogP contribution in [0.3, 0.4) is 0 Å². The number of anilines is 1. The van der Waals surface area contributed by atoms with Gasteiger partial charge in [0.15, 0.2) is 4.80 Å². The van der Waals surface area contributed by atoms with E-state index in [1.165, 1.54) is 11.3 Å². The predicted molar refractivity (Wildman–Crippen MR) is 165 cm³/mol. The molecule has 3 aromatic rings. The molecular weight excluding hydrogens is 603 g/mol. The number of carbonyl (C=O) groups is 4. The number of carbonyl (C=O) groups excluding carboxylic acids is 4.